The van der Waals surface area contributed by atoms with E-state index in [1.54, 1.807) is 60.7 Å². The van der Waals surface area contributed by atoms with Crippen LogP contribution in [0.4, 0.5) is 0 Å². The molecule has 2 aliphatic rings. The maximum absolute atomic E-state index is 15.1. The van der Waals surface area contributed by atoms with E-state index in [1.165, 1.54) is 68.8 Å². The molecule has 7 aromatic rings. The van der Waals surface area contributed by atoms with Gasteiger partial charge in [0.15, 0.2) is 18.5 Å². The molecule has 0 radical (unpaired) electrons. The summed E-state index contributed by atoms with van der Waals surface area (Å²) in [7, 11) is 2.50. The molecule has 1 N–H and O–H groups in total. The normalized spacial score (nSPS) is 22.3. The van der Waals surface area contributed by atoms with Gasteiger partial charge < -0.3 is 62.2 Å². The van der Waals surface area contributed by atoms with Crippen LogP contribution < -0.4 is 5.32 Å². The number of rotatable bonds is 26. The standard InChI is InChI=1S/C67H66N2O18/c1-44(70)69-55-52(83-62(72)49-32-18-8-19-33-49)38-67(66(75)77-3,87-58(55)57(86-63(73)50-34-20-9-21-35-50)53(84-64(74)51-36-22-23-37-68-51)42-81-61(71)48-30-16-7-17-31-48)82-43-54-56(78-39-45-24-10-4-11-25-45)59(79-40-46-26-12-5-13-27-46)60(65(76-2)85-54)80-41-47-28-14-6-15-29-47/h4-37,52-60,65H,38-43H2,1-3H3,(H,69,70)/t52-,53+,54+,55+,56+,57+,58+,59-,60+,65-,67+/m0/s1. The van der Waals surface area contributed by atoms with Crippen LogP contribution in [0.5, 0.6) is 0 Å². The zero-order valence-electron chi connectivity index (χ0n) is 47.9. The number of ether oxygens (including phenoxy) is 12. The molecule has 87 heavy (non-hydrogen) atoms. The van der Waals surface area contributed by atoms with Crippen LogP contribution in [0, 0.1) is 0 Å². The molecule has 1 aromatic heterocycles. The average molecular weight is 1190 g/mol. The van der Waals surface area contributed by atoms with Crippen molar-refractivity contribution in [3.05, 3.63) is 245 Å². The number of hydrogen-bond acceptors (Lipinski definition) is 19. The summed E-state index contributed by atoms with van der Waals surface area (Å²) in [5.74, 6) is -8.55. The van der Waals surface area contributed by atoms with Crippen molar-refractivity contribution in [2.24, 2.45) is 0 Å². The first-order valence-electron chi connectivity index (χ1n) is 28.1. The van der Waals surface area contributed by atoms with Crippen LogP contribution in [-0.2, 0) is 86.3 Å². The molecule has 452 valence electrons. The predicted molar refractivity (Wildman–Crippen MR) is 310 cm³/mol. The van der Waals surface area contributed by atoms with Gasteiger partial charge in [0, 0.05) is 20.2 Å². The van der Waals surface area contributed by atoms with E-state index in [1.807, 2.05) is 91.0 Å². The van der Waals surface area contributed by atoms with Crippen LogP contribution >= 0.6 is 0 Å². The molecular formula is C67H66N2O18. The first-order valence-corrected chi connectivity index (χ1v) is 28.1. The summed E-state index contributed by atoms with van der Waals surface area (Å²) in [5.41, 5.74) is 2.42. The molecule has 0 aliphatic carbocycles. The van der Waals surface area contributed by atoms with Gasteiger partial charge in [-0.1, -0.05) is 152 Å². The number of amides is 1. The van der Waals surface area contributed by atoms with Crippen LogP contribution in [-0.4, -0.2) is 135 Å². The molecule has 2 aliphatic heterocycles. The lowest BCUT2D eigenvalue weighted by Gasteiger charge is -2.49. The van der Waals surface area contributed by atoms with Gasteiger partial charge in [0.05, 0.1) is 62.7 Å². The zero-order chi connectivity index (χ0) is 61.0. The smallest absolute Gasteiger partial charge is 0.366 e. The summed E-state index contributed by atoms with van der Waals surface area (Å²) in [6, 6.07) is 54.6. The molecule has 20 nitrogen and oxygen atoms in total. The van der Waals surface area contributed by atoms with Crippen molar-refractivity contribution >= 4 is 35.8 Å². The second-order valence-corrected chi connectivity index (χ2v) is 20.3. The van der Waals surface area contributed by atoms with Crippen LogP contribution in [0.1, 0.15) is 71.6 Å². The molecule has 9 rings (SSSR count). The van der Waals surface area contributed by atoms with Crippen molar-refractivity contribution in [2.45, 2.75) is 100 Å². The first-order chi connectivity index (χ1) is 42.4. The Morgan fingerprint density at radius 1 is 0.575 bits per heavy atom. The Morgan fingerprint density at radius 2 is 1.07 bits per heavy atom. The van der Waals surface area contributed by atoms with Crippen LogP contribution in [0.3, 0.4) is 0 Å². The molecule has 0 unspecified atom stereocenters. The van der Waals surface area contributed by atoms with Crippen molar-refractivity contribution in [2.75, 3.05) is 27.4 Å². The summed E-state index contributed by atoms with van der Waals surface area (Å²) in [6.07, 6.45) is -12.3. The number of benzene rings is 6. The van der Waals surface area contributed by atoms with Crippen molar-refractivity contribution < 1.29 is 85.6 Å². The molecule has 2 fully saturated rings. The monoisotopic (exact) mass is 1190 g/mol. The molecule has 0 saturated carbocycles. The van der Waals surface area contributed by atoms with E-state index in [2.05, 4.69) is 10.3 Å². The first kappa shape index (κ1) is 62.5. The SMILES string of the molecule is COC(=O)[C@@]1(OC[C@H]2O[C@H](OC)[C@H](OCc3ccccc3)[C@@H](OCc3ccccc3)[C@@H]2OCc2ccccc2)C[C@H](OC(=O)c2ccccc2)[C@@H](NC(C)=O)[C@H]([C@H](OC(=O)c2ccccc2)[C@@H](COC(=O)c2ccccc2)OC(=O)c2ccccn2)O1. The lowest BCUT2D eigenvalue weighted by Crippen LogP contribution is -2.70. The minimum Gasteiger partial charge on any atom is -0.465 e. The number of pyridine rings is 1. The van der Waals surface area contributed by atoms with Crippen LogP contribution in [0.25, 0.3) is 0 Å². The molecule has 20 heteroatoms. The number of methoxy groups -OCH3 is 2. The van der Waals surface area contributed by atoms with E-state index in [-0.39, 0.29) is 42.2 Å². The third kappa shape index (κ3) is 16.7. The van der Waals surface area contributed by atoms with Crippen LogP contribution in [0.2, 0.25) is 0 Å². The quantitative estimate of drug-likeness (QED) is 0.0397. The molecule has 1 amide bonds. The van der Waals surface area contributed by atoms with E-state index in [0.29, 0.717) is 0 Å². The lowest BCUT2D eigenvalue weighted by molar-refractivity contribution is -0.347. The molecule has 2 saturated heterocycles. The highest BCUT2D eigenvalue weighted by Gasteiger charge is 2.61. The number of nitrogens with one attached hydrogen (secondary N) is 1. The number of aromatic nitrogens is 1. The van der Waals surface area contributed by atoms with Gasteiger partial charge in [-0.25, -0.2) is 29.0 Å². The summed E-state index contributed by atoms with van der Waals surface area (Å²) in [4.78, 5) is 90.1. The maximum Gasteiger partial charge on any atom is 0.366 e. The maximum atomic E-state index is 15.1. The summed E-state index contributed by atoms with van der Waals surface area (Å²) >= 11 is 0. The highest BCUT2D eigenvalue weighted by Crippen LogP contribution is 2.40. The molecule has 0 bridgehead atoms. The van der Waals surface area contributed by atoms with Gasteiger partial charge in [-0.2, -0.15) is 0 Å². The Labute approximate surface area is 502 Å². The van der Waals surface area contributed by atoms with Crippen molar-refractivity contribution in [1.29, 1.82) is 0 Å². The lowest BCUT2D eigenvalue weighted by atomic mass is 9.87. The fourth-order valence-electron chi connectivity index (χ4n) is 10.1. The Bertz CT molecular complexity index is 3320. The number of nitrogens with zero attached hydrogens (tertiary/aromatic N) is 1. The molecular weight excluding hydrogens is 1120 g/mol. The second-order valence-electron chi connectivity index (χ2n) is 20.3. The van der Waals surface area contributed by atoms with Gasteiger partial charge in [0.25, 0.3) is 5.79 Å². The number of hydrogen-bond donors (Lipinski definition) is 1. The summed E-state index contributed by atoms with van der Waals surface area (Å²) in [6.45, 7) is -0.0600. The highest BCUT2D eigenvalue weighted by atomic mass is 16.8. The van der Waals surface area contributed by atoms with E-state index < -0.39 is 122 Å². The largest absolute Gasteiger partial charge is 0.465 e. The highest BCUT2D eigenvalue weighted by molar-refractivity contribution is 5.91. The summed E-state index contributed by atoms with van der Waals surface area (Å²) in [5, 5.41) is 2.79. The predicted octanol–water partition coefficient (Wildman–Crippen LogP) is 8.22. The van der Waals surface area contributed by atoms with Gasteiger partial charge >= 0.3 is 29.8 Å². The zero-order valence-corrected chi connectivity index (χ0v) is 47.9. The molecule has 0 spiro atoms. The number of esters is 5. The van der Waals surface area contributed by atoms with Gasteiger partial charge in [0.1, 0.15) is 48.9 Å². The minimum absolute atomic E-state index is 0.00761. The number of carbonyl (C=O) groups excluding carboxylic acids is 6. The van der Waals surface area contributed by atoms with E-state index in [0.717, 1.165) is 23.8 Å². The molecule has 3 heterocycles. The fraction of sp³-hybridized carbons (Fsp3) is 0.299. The third-order valence-electron chi connectivity index (χ3n) is 14.3. The van der Waals surface area contributed by atoms with Gasteiger partial charge in [-0.15, -0.1) is 0 Å². The van der Waals surface area contributed by atoms with Gasteiger partial charge in [-0.05, 0) is 65.2 Å². The topological polar surface area (TPSA) is 238 Å². The van der Waals surface area contributed by atoms with Gasteiger partial charge in [0.2, 0.25) is 5.91 Å². The number of carbonyl (C=O) groups is 6. The van der Waals surface area contributed by atoms with E-state index in [4.69, 9.17) is 56.8 Å². The van der Waals surface area contributed by atoms with Crippen molar-refractivity contribution in [3.8, 4) is 0 Å². The van der Waals surface area contributed by atoms with Crippen LogP contribution in [0.15, 0.2) is 206 Å². The van der Waals surface area contributed by atoms with E-state index >= 15 is 4.79 Å². The Balaban J connectivity index is 1.16. The minimum atomic E-state index is -2.72. The molecule has 11 atom stereocenters. The molecule has 6 aromatic carbocycles. The van der Waals surface area contributed by atoms with Gasteiger partial charge in [-0.3, -0.25) is 4.79 Å². The Morgan fingerprint density at radius 3 is 1.57 bits per heavy atom. The van der Waals surface area contributed by atoms with Crippen molar-refractivity contribution in [1.82, 2.24) is 10.3 Å². The fourth-order valence-corrected chi connectivity index (χ4v) is 10.1. The Kier molecular flexibility index (Phi) is 22.2. The third-order valence-corrected chi connectivity index (χ3v) is 14.3. The van der Waals surface area contributed by atoms with E-state index in [9.17, 15) is 24.0 Å². The summed E-state index contributed by atoms with van der Waals surface area (Å²) < 4.78 is 77.2. The second kappa shape index (κ2) is 30.9. The average Bonchev–Trinajstić information content (AvgIpc) is 1.78. The van der Waals surface area contributed by atoms with Crippen molar-refractivity contribution in [3.63, 3.8) is 0 Å². The Hall–Kier alpha value is -8.99.